The van der Waals surface area contributed by atoms with Crippen molar-refractivity contribution >= 4 is 15.9 Å². The molecular weight excluding hydrogens is 258 g/mol. The van der Waals surface area contributed by atoms with Crippen molar-refractivity contribution in [2.75, 3.05) is 32.1 Å². The van der Waals surface area contributed by atoms with Crippen molar-refractivity contribution in [1.29, 1.82) is 5.41 Å². The predicted octanol–water partition coefficient (Wildman–Crippen LogP) is -0.622. The van der Waals surface area contributed by atoms with E-state index in [1.165, 1.54) is 4.31 Å². The van der Waals surface area contributed by atoms with Gasteiger partial charge in [-0.2, -0.15) is 4.31 Å². The van der Waals surface area contributed by atoms with E-state index in [-0.39, 0.29) is 37.5 Å². The van der Waals surface area contributed by atoms with Gasteiger partial charge in [0, 0.05) is 13.1 Å². The average molecular weight is 279 g/mol. The third kappa shape index (κ3) is 4.52. The van der Waals surface area contributed by atoms with Crippen LogP contribution in [0.15, 0.2) is 0 Å². The Morgan fingerprint density at radius 2 is 2.28 bits per heavy atom. The second kappa shape index (κ2) is 6.46. The second-order valence-electron chi connectivity index (χ2n) is 4.41. The summed E-state index contributed by atoms with van der Waals surface area (Å²) in [7, 11) is -3.37. The monoisotopic (exact) mass is 279 g/mol. The zero-order valence-electron chi connectivity index (χ0n) is 10.8. The van der Waals surface area contributed by atoms with Gasteiger partial charge in [-0.1, -0.05) is 0 Å². The summed E-state index contributed by atoms with van der Waals surface area (Å²) in [6.07, 6.45) is -0.630. The van der Waals surface area contributed by atoms with E-state index in [9.17, 15) is 8.42 Å². The fraction of sp³-hybridized carbons (Fsp3) is 0.900. The maximum Gasteiger partial charge on any atom is 0.216 e. The Bertz CT molecular complexity index is 383. The number of nitrogens with one attached hydrogen (secondary N) is 1. The highest BCUT2D eigenvalue weighted by atomic mass is 32.2. The fourth-order valence-electron chi connectivity index (χ4n) is 1.58. The minimum Gasteiger partial charge on any atom is -0.385 e. The van der Waals surface area contributed by atoms with Gasteiger partial charge in [-0.05, 0) is 13.8 Å². The van der Waals surface area contributed by atoms with Crippen molar-refractivity contribution in [2.24, 2.45) is 5.73 Å². The van der Waals surface area contributed by atoms with E-state index in [0.29, 0.717) is 6.54 Å². The first-order valence-corrected chi connectivity index (χ1v) is 7.49. The summed E-state index contributed by atoms with van der Waals surface area (Å²) in [5.74, 6) is -0.205. The van der Waals surface area contributed by atoms with Crippen molar-refractivity contribution < 1.29 is 17.9 Å². The van der Waals surface area contributed by atoms with Gasteiger partial charge in [0.2, 0.25) is 10.0 Å². The number of rotatable bonds is 6. The highest BCUT2D eigenvalue weighted by molar-refractivity contribution is 7.89. The van der Waals surface area contributed by atoms with Crippen LogP contribution in [-0.4, -0.2) is 62.8 Å². The maximum absolute atomic E-state index is 12.0. The molecule has 106 valence electrons. The third-order valence-corrected chi connectivity index (χ3v) is 4.36. The highest BCUT2D eigenvalue weighted by Crippen LogP contribution is 2.10. The summed E-state index contributed by atoms with van der Waals surface area (Å²) >= 11 is 0. The topological polar surface area (TPSA) is 106 Å². The number of ether oxygens (including phenoxy) is 2. The van der Waals surface area contributed by atoms with Crippen LogP contribution >= 0.6 is 0 Å². The highest BCUT2D eigenvalue weighted by Gasteiger charge is 2.30. The molecule has 1 saturated heterocycles. The molecular formula is C10H21N3O4S. The number of nitrogens with two attached hydrogens (primary N) is 1. The molecule has 1 atom stereocenters. The van der Waals surface area contributed by atoms with Gasteiger partial charge in [-0.15, -0.1) is 0 Å². The Labute approximate surface area is 108 Å². The van der Waals surface area contributed by atoms with Gasteiger partial charge in [-0.3, -0.25) is 5.41 Å². The molecule has 1 fully saturated rings. The summed E-state index contributed by atoms with van der Waals surface area (Å²) in [6.45, 7) is 4.55. The zero-order chi connectivity index (χ0) is 13.8. The molecule has 0 saturated carbocycles. The van der Waals surface area contributed by atoms with Crippen molar-refractivity contribution in [2.45, 2.75) is 26.1 Å². The molecule has 1 aliphatic heterocycles. The Kier molecular flexibility index (Phi) is 5.51. The van der Waals surface area contributed by atoms with E-state index in [1.54, 1.807) is 0 Å². The Morgan fingerprint density at radius 1 is 1.61 bits per heavy atom. The lowest BCUT2D eigenvalue weighted by Gasteiger charge is -2.31. The van der Waals surface area contributed by atoms with Gasteiger partial charge in [0.1, 0.15) is 11.9 Å². The summed E-state index contributed by atoms with van der Waals surface area (Å²) in [5.41, 5.74) is 5.32. The first-order chi connectivity index (χ1) is 8.33. The van der Waals surface area contributed by atoms with Crippen LogP contribution in [0.5, 0.6) is 0 Å². The van der Waals surface area contributed by atoms with Crippen LogP contribution < -0.4 is 5.73 Å². The van der Waals surface area contributed by atoms with Crippen LogP contribution in [0.25, 0.3) is 0 Å². The molecule has 1 unspecified atom stereocenters. The molecule has 8 heteroatoms. The van der Waals surface area contributed by atoms with Crippen molar-refractivity contribution in [3.63, 3.8) is 0 Å². The van der Waals surface area contributed by atoms with Gasteiger partial charge in [0.05, 0.1) is 25.1 Å². The van der Waals surface area contributed by atoms with E-state index < -0.39 is 16.1 Å². The summed E-state index contributed by atoms with van der Waals surface area (Å²) in [6, 6.07) is 0. The first kappa shape index (κ1) is 15.4. The minimum atomic E-state index is -3.37. The lowest BCUT2D eigenvalue weighted by Crippen LogP contribution is -2.51. The summed E-state index contributed by atoms with van der Waals surface area (Å²) < 4.78 is 35.8. The standard InChI is InChI=1S/C10H21N3O4S/c1-8(2)16-5-6-18(14,15)13-3-4-17-9(7-13)10(11)12/h8-9H,3-7H2,1-2H3,(H3,11,12). The van der Waals surface area contributed by atoms with E-state index in [1.807, 2.05) is 13.8 Å². The van der Waals surface area contributed by atoms with Crippen LogP contribution in [-0.2, 0) is 19.5 Å². The number of nitrogens with zero attached hydrogens (tertiary/aromatic N) is 1. The summed E-state index contributed by atoms with van der Waals surface area (Å²) in [4.78, 5) is 0. The molecule has 0 radical (unpaired) electrons. The molecule has 0 spiro atoms. The van der Waals surface area contributed by atoms with Crippen molar-refractivity contribution in [1.82, 2.24) is 4.31 Å². The van der Waals surface area contributed by atoms with Crippen LogP contribution in [0.3, 0.4) is 0 Å². The van der Waals surface area contributed by atoms with E-state index >= 15 is 0 Å². The minimum absolute atomic E-state index is 0.00913. The molecule has 1 aliphatic rings. The number of morpholine rings is 1. The third-order valence-electron chi connectivity index (χ3n) is 2.56. The predicted molar refractivity (Wildman–Crippen MR) is 68.1 cm³/mol. The molecule has 0 aromatic carbocycles. The molecule has 3 N–H and O–H groups in total. The largest absolute Gasteiger partial charge is 0.385 e. The van der Waals surface area contributed by atoms with Crippen LogP contribution in [0.4, 0.5) is 0 Å². The second-order valence-corrected chi connectivity index (χ2v) is 6.50. The molecule has 0 bridgehead atoms. The molecule has 1 heterocycles. The Balaban J connectivity index is 2.53. The molecule has 18 heavy (non-hydrogen) atoms. The zero-order valence-corrected chi connectivity index (χ0v) is 11.6. The number of sulfonamides is 1. The van der Waals surface area contributed by atoms with Gasteiger partial charge >= 0.3 is 0 Å². The van der Waals surface area contributed by atoms with E-state index in [0.717, 1.165) is 0 Å². The molecule has 7 nitrogen and oxygen atoms in total. The summed E-state index contributed by atoms with van der Waals surface area (Å²) in [5, 5.41) is 7.28. The van der Waals surface area contributed by atoms with Gasteiger partial charge in [0.25, 0.3) is 0 Å². The SMILES string of the molecule is CC(C)OCCS(=O)(=O)N1CCOC(C(=N)N)C1. The quantitative estimate of drug-likeness (QED) is 0.498. The van der Waals surface area contributed by atoms with Crippen molar-refractivity contribution in [3.05, 3.63) is 0 Å². The normalized spacial score (nSPS) is 22.3. The van der Waals surface area contributed by atoms with Gasteiger partial charge in [-0.25, -0.2) is 8.42 Å². The number of hydrogen-bond acceptors (Lipinski definition) is 5. The van der Waals surface area contributed by atoms with Gasteiger partial charge in [0.15, 0.2) is 0 Å². The molecule has 0 amide bonds. The first-order valence-electron chi connectivity index (χ1n) is 5.88. The van der Waals surface area contributed by atoms with Crippen LogP contribution in [0.2, 0.25) is 0 Å². The van der Waals surface area contributed by atoms with Gasteiger partial charge < -0.3 is 15.2 Å². The van der Waals surface area contributed by atoms with E-state index in [4.69, 9.17) is 20.6 Å². The van der Waals surface area contributed by atoms with Crippen LogP contribution in [0.1, 0.15) is 13.8 Å². The van der Waals surface area contributed by atoms with Crippen molar-refractivity contribution in [3.8, 4) is 0 Å². The van der Waals surface area contributed by atoms with E-state index in [2.05, 4.69) is 0 Å². The maximum atomic E-state index is 12.0. The number of hydrogen-bond donors (Lipinski definition) is 2. The molecule has 1 rings (SSSR count). The molecule has 0 aromatic rings. The lowest BCUT2D eigenvalue weighted by molar-refractivity contribution is 0.0361. The lowest BCUT2D eigenvalue weighted by atomic mass is 10.3. The average Bonchev–Trinajstić information content (AvgIpc) is 2.28. The van der Waals surface area contributed by atoms with Crippen LogP contribution in [0, 0.1) is 5.41 Å². The molecule has 0 aromatic heterocycles. The fourth-order valence-corrected chi connectivity index (χ4v) is 2.86. The Hall–Kier alpha value is -0.700. The smallest absolute Gasteiger partial charge is 0.216 e. The number of amidine groups is 1. The Morgan fingerprint density at radius 3 is 2.83 bits per heavy atom. The molecule has 0 aliphatic carbocycles.